The third kappa shape index (κ3) is 8.35. The Morgan fingerprint density at radius 2 is 0.857 bits per heavy atom. The third-order valence-electron chi connectivity index (χ3n) is 7.79. The summed E-state index contributed by atoms with van der Waals surface area (Å²) >= 11 is 0. The number of anilines is 3. The van der Waals surface area contributed by atoms with E-state index in [0.29, 0.717) is 11.0 Å². The van der Waals surface area contributed by atoms with Gasteiger partial charge in [-0.3, -0.25) is 0 Å². The van der Waals surface area contributed by atoms with E-state index in [9.17, 15) is 15.3 Å². The average Bonchev–Trinajstić information content (AvgIpc) is 3.11. The van der Waals surface area contributed by atoms with Gasteiger partial charge in [0.1, 0.15) is 28.3 Å². The van der Waals surface area contributed by atoms with Crippen molar-refractivity contribution in [2.24, 2.45) is 0 Å². The van der Waals surface area contributed by atoms with Gasteiger partial charge in [-0.25, -0.2) is 9.97 Å². The molecule has 6 aromatic carbocycles. The molecule has 0 saturated heterocycles. The lowest BCUT2D eigenvalue weighted by Gasteiger charge is -2.25. The highest BCUT2D eigenvalue weighted by molar-refractivity contribution is 5.89. The molecule has 2 aromatic heterocycles. The zero-order chi connectivity index (χ0) is 33.5. The van der Waals surface area contributed by atoms with E-state index < -0.39 is 0 Å². The van der Waals surface area contributed by atoms with Crippen LogP contribution >= 0.6 is 0 Å². The summed E-state index contributed by atoms with van der Waals surface area (Å²) in [7, 11) is 0. The van der Waals surface area contributed by atoms with Gasteiger partial charge in [-0.2, -0.15) is 0 Å². The van der Waals surface area contributed by atoms with Gasteiger partial charge in [0.05, 0.1) is 0 Å². The van der Waals surface area contributed by atoms with Gasteiger partial charge in [-0.15, -0.1) is 0 Å². The molecule has 0 saturated carbocycles. The van der Waals surface area contributed by atoms with Crippen molar-refractivity contribution in [1.82, 2.24) is 9.97 Å². The second-order valence-corrected chi connectivity index (χ2v) is 11.3. The summed E-state index contributed by atoms with van der Waals surface area (Å²) in [6.45, 7) is 3.82. The standard InChI is InChI=1S/C22H17NO.2C10H9NO.Al/c24-22-14-12-20(13-15-22)23(19-8-2-1-3-9-19)21-11-10-17-6-4-5-7-18(17)16-21;2*1-7-5-6-8-3-2-4-9(12)10(8)11-7;/h1-16,24H;2*2-6,12H,1H3;. The summed E-state index contributed by atoms with van der Waals surface area (Å²) in [5.74, 6) is 0.762. The normalized spacial score (nSPS) is 10.3. The highest BCUT2D eigenvalue weighted by Crippen LogP contribution is 2.36. The monoisotopic (exact) mass is 656 g/mol. The molecule has 0 amide bonds. The highest BCUT2D eigenvalue weighted by atomic mass is 27.0. The summed E-state index contributed by atoms with van der Waals surface area (Å²) in [6, 6.07) is 50.9. The van der Waals surface area contributed by atoms with Crippen molar-refractivity contribution >= 4 is 67.0 Å². The first-order valence-corrected chi connectivity index (χ1v) is 15.6. The fraction of sp³-hybridized carbons (Fsp3) is 0.0476. The molecular weight excluding hydrogens is 621 g/mol. The van der Waals surface area contributed by atoms with Crippen molar-refractivity contribution in [2.45, 2.75) is 13.8 Å². The number of hydrogen-bond acceptors (Lipinski definition) is 6. The van der Waals surface area contributed by atoms with Gasteiger partial charge in [0, 0.05) is 56.6 Å². The average molecular weight is 657 g/mol. The largest absolute Gasteiger partial charge is 0.508 e. The molecule has 0 atom stereocenters. The van der Waals surface area contributed by atoms with Gasteiger partial charge in [0.15, 0.2) is 0 Å². The van der Waals surface area contributed by atoms with E-state index in [0.717, 1.165) is 39.2 Å². The van der Waals surface area contributed by atoms with Crippen LogP contribution in [0, 0.1) is 13.8 Å². The minimum atomic E-state index is 0. The maximum atomic E-state index is 9.60. The quantitative estimate of drug-likeness (QED) is 0.164. The van der Waals surface area contributed by atoms with Crippen molar-refractivity contribution in [3.05, 3.63) is 169 Å². The molecule has 0 spiro atoms. The Bertz CT molecular complexity index is 2230. The van der Waals surface area contributed by atoms with Crippen LogP contribution in [0.1, 0.15) is 11.4 Å². The van der Waals surface area contributed by atoms with Gasteiger partial charge < -0.3 is 20.2 Å². The molecule has 8 aromatic rings. The van der Waals surface area contributed by atoms with Gasteiger partial charge in [0.25, 0.3) is 0 Å². The smallest absolute Gasteiger partial charge is 0.141 e. The van der Waals surface area contributed by atoms with E-state index in [1.807, 2.05) is 92.7 Å². The summed E-state index contributed by atoms with van der Waals surface area (Å²) in [5.41, 5.74) is 6.38. The fourth-order valence-corrected chi connectivity index (χ4v) is 5.40. The number of aryl methyl sites for hydroxylation is 2. The van der Waals surface area contributed by atoms with Crippen LogP contribution in [-0.2, 0) is 0 Å². The maximum absolute atomic E-state index is 9.60. The number of pyridine rings is 2. The number of hydrogen-bond donors (Lipinski definition) is 3. The van der Waals surface area contributed by atoms with Crippen molar-refractivity contribution in [2.75, 3.05) is 4.90 Å². The van der Waals surface area contributed by atoms with Crippen molar-refractivity contribution in [1.29, 1.82) is 0 Å². The number of fused-ring (bicyclic) bond motifs is 3. The lowest BCUT2D eigenvalue weighted by atomic mass is 10.1. The van der Waals surface area contributed by atoms with Crippen LogP contribution in [0.4, 0.5) is 17.1 Å². The molecule has 49 heavy (non-hydrogen) atoms. The Morgan fingerprint density at radius 1 is 0.408 bits per heavy atom. The number of aromatic hydroxyl groups is 3. The topological polar surface area (TPSA) is 89.7 Å². The predicted molar refractivity (Wildman–Crippen MR) is 202 cm³/mol. The molecule has 2 heterocycles. The van der Waals surface area contributed by atoms with E-state index in [-0.39, 0.29) is 34.6 Å². The minimum absolute atomic E-state index is 0. The van der Waals surface area contributed by atoms with Crippen LogP contribution in [0.25, 0.3) is 32.6 Å². The molecule has 0 aliphatic heterocycles. The molecule has 0 bridgehead atoms. The first-order valence-electron chi connectivity index (χ1n) is 15.6. The predicted octanol–water partition coefficient (Wildman–Crippen LogP) is 10.1. The van der Waals surface area contributed by atoms with E-state index in [1.54, 1.807) is 24.3 Å². The first kappa shape index (κ1) is 34.5. The van der Waals surface area contributed by atoms with Crippen molar-refractivity contribution in [3.8, 4) is 17.2 Å². The van der Waals surface area contributed by atoms with Crippen LogP contribution in [-0.4, -0.2) is 42.6 Å². The summed E-state index contributed by atoms with van der Waals surface area (Å²) in [4.78, 5) is 10.6. The number of phenols is 3. The van der Waals surface area contributed by atoms with E-state index >= 15 is 0 Å². The molecule has 3 radical (unpaired) electrons. The van der Waals surface area contributed by atoms with Gasteiger partial charge in [0.2, 0.25) is 0 Å². The van der Waals surface area contributed by atoms with Crippen LogP contribution in [0.3, 0.4) is 0 Å². The zero-order valence-corrected chi connectivity index (χ0v) is 28.4. The number of nitrogens with zero attached hydrogens (tertiary/aromatic N) is 3. The number of rotatable bonds is 3. The molecule has 8 rings (SSSR count). The van der Waals surface area contributed by atoms with E-state index in [4.69, 9.17) is 0 Å². The van der Waals surface area contributed by atoms with E-state index in [2.05, 4.69) is 69.5 Å². The van der Waals surface area contributed by atoms with Crippen LogP contribution in [0.2, 0.25) is 0 Å². The molecule has 239 valence electrons. The SMILES string of the molecule is Cc1ccc2cccc(O)c2n1.Cc1ccc2cccc(O)c2n1.Oc1ccc(N(c2ccccc2)c2ccc3ccccc3c2)cc1.[Al]. The van der Waals surface area contributed by atoms with Crippen LogP contribution in [0.15, 0.2) is 158 Å². The molecule has 0 aliphatic carbocycles. The molecule has 0 aliphatic rings. The molecule has 3 N–H and O–H groups in total. The Labute approximate surface area is 296 Å². The Kier molecular flexibility index (Phi) is 11.1. The maximum Gasteiger partial charge on any atom is 0.141 e. The Balaban J connectivity index is 0.000000157. The second kappa shape index (κ2) is 15.8. The number of benzene rings is 6. The number of para-hydroxylation sites is 3. The number of phenolic OH excluding ortho intramolecular Hbond substituents is 3. The van der Waals surface area contributed by atoms with Gasteiger partial charge >= 0.3 is 0 Å². The lowest BCUT2D eigenvalue weighted by Crippen LogP contribution is -2.09. The summed E-state index contributed by atoms with van der Waals surface area (Å²) in [5, 5.41) is 32.8. The molecular formula is C42H35AlN3O3. The van der Waals surface area contributed by atoms with Crippen LogP contribution < -0.4 is 4.90 Å². The minimum Gasteiger partial charge on any atom is -0.508 e. The molecule has 0 unspecified atom stereocenters. The molecule has 6 nitrogen and oxygen atoms in total. The number of aromatic nitrogens is 2. The fourth-order valence-electron chi connectivity index (χ4n) is 5.40. The Hall–Kier alpha value is -5.87. The zero-order valence-electron chi connectivity index (χ0n) is 27.3. The highest BCUT2D eigenvalue weighted by Gasteiger charge is 2.12. The Morgan fingerprint density at radius 3 is 1.43 bits per heavy atom. The van der Waals surface area contributed by atoms with Crippen molar-refractivity contribution < 1.29 is 15.3 Å². The third-order valence-corrected chi connectivity index (χ3v) is 7.79. The van der Waals surface area contributed by atoms with Gasteiger partial charge in [-0.05, 0) is 97.4 Å². The van der Waals surface area contributed by atoms with E-state index in [1.165, 1.54) is 10.8 Å². The van der Waals surface area contributed by atoms with Gasteiger partial charge in [-0.1, -0.05) is 84.9 Å². The molecule has 7 heteroatoms. The summed E-state index contributed by atoms with van der Waals surface area (Å²) < 4.78 is 0. The van der Waals surface area contributed by atoms with Crippen molar-refractivity contribution in [3.63, 3.8) is 0 Å². The first-order chi connectivity index (χ1) is 23.4. The summed E-state index contributed by atoms with van der Waals surface area (Å²) in [6.07, 6.45) is 0. The lowest BCUT2D eigenvalue weighted by molar-refractivity contribution is 0.475. The molecule has 0 fully saturated rings. The second-order valence-electron chi connectivity index (χ2n) is 11.3. The van der Waals surface area contributed by atoms with Crippen LogP contribution in [0.5, 0.6) is 17.2 Å².